The van der Waals surface area contributed by atoms with Gasteiger partial charge in [-0.25, -0.2) is 0 Å². The Balaban J connectivity index is 1.67. The molecule has 0 bridgehead atoms. The number of hydrogen-bond donors (Lipinski definition) is 1. The number of thioether (sulfide) groups is 1. The van der Waals surface area contributed by atoms with E-state index in [9.17, 15) is 0 Å². The predicted molar refractivity (Wildman–Crippen MR) is 85.8 cm³/mol. The lowest BCUT2D eigenvalue weighted by Crippen LogP contribution is -1.99. The number of rotatable bonds is 6. The van der Waals surface area contributed by atoms with Gasteiger partial charge < -0.3 is 10.5 Å². The van der Waals surface area contributed by atoms with Gasteiger partial charge in [0.25, 0.3) is 0 Å². The van der Waals surface area contributed by atoms with Crippen LogP contribution in [0.3, 0.4) is 0 Å². The molecule has 0 aliphatic heterocycles. The summed E-state index contributed by atoms with van der Waals surface area (Å²) in [4.78, 5) is 1.28. The first-order chi connectivity index (χ1) is 9.24. The molecule has 0 aliphatic carbocycles. The van der Waals surface area contributed by atoms with E-state index in [1.165, 1.54) is 4.90 Å². The molecule has 0 saturated carbocycles. The van der Waals surface area contributed by atoms with Crippen LogP contribution in [0, 0.1) is 0 Å². The highest BCUT2D eigenvalue weighted by molar-refractivity contribution is 9.10. The van der Waals surface area contributed by atoms with Gasteiger partial charge in [0.1, 0.15) is 5.75 Å². The molecule has 2 aromatic carbocycles. The van der Waals surface area contributed by atoms with Crippen LogP contribution < -0.4 is 10.5 Å². The number of anilines is 1. The Bertz CT molecular complexity index is 486. The Morgan fingerprint density at radius 3 is 2.74 bits per heavy atom. The molecule has 4 heteroatoms. The van der Waals surface area contributed by atoms with Crippen molar-refractivity contribution in [2.75, 3.05) is 18.1 Å². The fraction of sp³-hybridized carbons (Fsp3) is 0.200. The first-order valence-electron chi connectivity index (χ1n) is 6.11. The van der Waals surface area contributed by atoms with Crippen LogP contribution in [0.1, 0.15) is 6.42 Å². The third kappa shape index (κ3) is 5.17. The van der Waals surface area contributed by atoms with E-state index in [0.717, 1.165) is 28.1 Å². The lowest BCUT2D eigenvalue weighted by Gasteiger charge is -2.06. The van der Waals surface area contributed by atoms with Gasteiger partial charge in [-0.3, -0.25) is 0 Å². The fourth-order valence-electron chi connectivity index (χ4n) is 1.60. The number of nitrogen functional groups attached to an aromatic ring is 1. The Hall–Kier alpha value is -1.13. The molecule has 0 amide bonds. The highest BCUT2D eigenvalue weighted by Crippen LogP contribution is 2.22. The standard InChI is InChI=1S/C15H16BrNOS/c16-12-4-1-7-15(10-12)19-9-3-8-18-14-6-2-5-13(17)11-14/h1-2,4-7,10-11H,3,8-9,17H2. The molecular formula is C15H16BrNOS. The quantitative estimate of drug-likeness (QED) is 0.475. The first kappa shape index (κ1) is 14.3. The Morgan fingerprint density at radius 1 is 1.11 bits per heavy atom. The van der Waals surface area contributed by atoms with E-state index in [-0.39, 0.29) is 0 Å². The predicted octanol–water partition coefficient (Wildman–Crippen LogP) is 4.59. The lowest BCUT2D eigenvalue weighted by molar-refractivity contribution is 0.319. The zero-order valence-corrected chi connectivity index (χ0v) is 12.9. The van der Waals surface area contributed by atoms with Crippen LogP contribution in [0.2, 0.25) is 0 Å². The Labute approximate surface area is 126 Å². The smallest absolute Gasteiger partial charge is 0.121 e. The molecule has 2 rings (SSSR count). The SMILES string of the molecule is Nc1cccc(OCCCSc2cccc(Br)c2)c1. The zero-order valence-electron chi connectivity index (χ0n) is 10.5. The molecule has 2 nitrogen and oxygen atoms in total. The summed E-state index contributed by atoms with van der Waals surface area (Å²) in [5.41, 5.74) is 6.43. The normalized spacial score (nSPS) is 10.4. The maximum Gasteiger partial charge on any atom is 0.121 e. The summed E-state index contributed by atoms with van der Waals surface area (Å²) in [6.07, 6.45) is 1.01. The number of nitrogens with two attached hydrogens (primary N) is 1. The largest absolute Gasteiger partial charge is 0.493 e. The highest BCUT2D eigenvalue weighted by Gasteiger charge is 1.97. The lowest BCUT2D eigenvalue weighted by atomic mass is 10.3. The van der Waals surface area contributed by atoms with Crippen LogP contribution in [0.25, 0.3) is 0 Å². The second-order valence-corrected chi connectivity index (χ2v) is 6.16. The van der Waals surface area contributed by atoms with Crippen LogP contribution in [0.5, 0.6) is 5.75 Å². The summed E-state index contributed by atoms with van der Waals surface area (Å²) >= 11 is 5.31. The van der Waals surface area contributed by atoms with Gasteiger partial charge in [0, 0.05) is 26.9 Å². The molecular weight excluding hydrogens is 322 g/mol. The van der Waals surface area contributed by atoms with Gasteiger partial charge in [-0.15, -0.1) is 11.8 Å². The Kier molecular flexibility index (Phi) is 5.61. The molecule has 2 N–H and O–H groups in total. The van der Waals surface area contributed by atoms with E-state index in [1.54, 1.807) is 0 Å². The first-order valence-corrected chi connectivity index (χ1v) is 7.88. The summed E-state index contributed by atoms with van der Waals surface area (Å²) in [5.74, 6) is 1.88. The van der Waals surface area contributed by atoms with Crippen LogP contribution in [0.4, 0.5) is 5.69 Å². The molecule has 0 spiro atoms. The number of benzene rings is 2. The van der Waals surface area contributed by atoms with Gasteiger partial charge in [-0.1, -0.05) is 28.1 Å². The second-order valence-electron chi connectivity index (χ2n) is 4.08. The maximum atomic E-state index is 5.69. The summed E-state index contributed by atoms with van der Waals surface area (Å²) in [5, 5.41) is 0. The third-order valence-corrected chi connectivity index (χ3v) is 4.05. The van der Waals surface area contributed by atoms with Crippen molar-refractivity contribution in [1.29, 1.82) is 0 Å². The van der Waals surface area contributed by atoms with Gasteiger partial charge in [-0.05, 0) is 36.8 Å². The van der Waals surface area contributed by atoms with E-state index in [4.69, 9.17) is 10.5 Å². The van der Waals surface area contributed by atoms with E-state index < -0.39 is 0 Å². The summed E-state index contributed by atoms with van der Waals surface area (Å²) < 4.78 is 6.76. The van der Waals surface area contributed by atoms with Gasteiger partial charge in [0.05, 0.1) is 6.61 Å². The molecule has 0 fully saturated rings. The molecule has 0 unspecified atom stereocenters. The number of hydrogen-bond acceptors (Lipinski definition) is 3. The highest BCUT2D eigenvalue weighted by atomic mass is 79.9. The second kappa shape index (κ2) is 7.46. The van der Waals surface area contributed by atoms with Crippen molar-refractivity contribution >= 4 is 33.4 Å². The van der Waals surface area contributed by atoms with Crippen molar-refractivity contribution in [3.8, 4) is 5.75 Å². The third-order valence-electron chi connectivity index (χ3n) is 2.48. The topological polar surface area (TPSA) is 35.2 Å². The summed E-state index contributed by atoms with van der Waals surface area (Å²) in [7, 11) is 0. The molecule has 0 aliphatic rings. The number of halogens is 1. The van der Waals surface area contributed by atoms with Gasteiger partial charge >= 0.3 is 0 Å². The van der Waals surface area contributed by atoms with Crippen molar-refractivity contribution in [3.63, 3.8) is 0 Å². The number of ether oxygens (including phenoxy) is 1. The van der Waals surface area contributed by atoms with E-state index in [0.29, 0.717) is 6.61 Å². The minimum atomic E-state index is 0.713. The Morgan fingerprint density at radius 2 is 1.95 bits per heavy atom. The van der Waals surface area contributed by atoms with Gasteiger partial charge in [0.15, 0.2) is 0 Å². The molecule has 0 radical (unpaired) electrons. The zero-order chi connectivity index (χ0) is 13.5. The minimum absolute atomic E-state index is 0.713. The molecule has 0 heterocycles. The van der Waals surface area contributed by atoms with Crippen LogP contribution in [-0.2, 0) is 0 Å². The molecule has 0 saturated heterocycles. The van der Waals surface area contributed by atoms with Crippen molar-refractivity contribution < 1.29 is 4.74 Å². The van der Waals surface area contributed by atoms with Gasteiger partial charge in [-0.2, -0.15) is 0 Å². The van der Waals surface area contributed by atoms with Crippen molar-refractivity contribution in [2.45, 2.75) is 11.3 Å². The molecule has 0 aromatic heterocycles. The van der Waals surface area contributed by atoms with Crippen molar-refractivity contribution in [1.82, 2.24) is 0 Å². The summed E-state index contributed by atoms with van der Waals surface area (Å²) in [6.45, 7) is 0.713. The van der Waals surface area contributed by atoms with Crippen LogP contribution in [-0.4, -0.2) is 12.4 Å². The minimum Gasteiger partial charge on any atom is -0.493 e. The molecule has 19 heavy (non-hydrogen) atoms. The van der Waals surface area contributed by atoms with E-state index in [1.807, 2.05) is 42.1 Å². The fourth-order valence-corrected chi connectivity index (χ4v) is 3.03. The molecule has 2 aromatic rings. The average Bonchev–Trinajstić information content (AvgIpc) is 2.38. The van der Waals surface area contributed by atoms with Crippen molar-refractivity contribution in [3.05, 3.63) is 53.0 Å². The van der Waals surface area contributed by atoms with Crippen molar-refractivity contribution in [2.24, 2.45) is 0 Å². The molecule has 0 atom stereocenters. The average molecular weight is 338 g/mol. The van der Waals surface area contributed by atoms with Crippen LogP contribution >= 0.6 is 27.7 Å². The summed E-state index contributed by atoms with van der Waals surface area (Å²) in [6, 6.07) is 15.9. The molecule has 100 valence electrons. The van der Waals surface area contributed by atoms with Crippen LogP contribution in [0.15, 0.2) is 57.9 Å². The monoisotopic (exact) mass is 337 g/mol. The van der Waals surface area contributed by atoms with E-state index in [2.05, 4.69) is 34.1 Å². The van der Waals surface area contributed by atoms with Gasteiger partial charge in [0.2, 0.25) is 0 Å². The van der Waals surface area contributed by atoms with E-state index >= 15 is 0 Å². The maximum absolute atomic E-state index is 5.69.